The Balaban J connectivity index is 1.34. The first-order valence-corrected chi connectivity index (χ1v) is 10.2. The summed E-state index contributed by atoms with van der Waals surface area (Å²) in [6.07, 6.45) is 3.46. The number of nitrogens with one attached hydrogen (secondary N) is 1. The number of hydrogen-bond donors (Lipinski definition) is 1. The van der Waals surface area contributed by atoms with E-state index in [9.17, 15) is 4.79 Å². The standard InChI is InChI=1S/C22H19Cl2N5O2/c1-15-5-7-16(8-6-15)13-28-12-10-20(27-28)25-22(30)18-9-11-29(26-18)14-31-19-4-2-3-17(23)21(19)24/h2-12H,13-14H2,1H3,(H,25,27,30). The minimum atomic E-state index is -0.361. The van der Waals surface area contributed by atoms with Gasteiger partial charge in [0.2, 0.25) is 0 Å². The van der Waals surface area contributed by atoms with Crippen LogP contribution >= 0.6 is 23.2 Å². The molecule has 4 aromatic rings. The molecule has 1 N–H and O–H groups in total. The highest BCUT2D eigenvalue weighted by Crippen LogP contribution is 2.31. The van der Waals surface area contributed by atoms with E-state index in [0.717, 1.165) is 5.56 Å². The zero-order chi connectivity index (χ0) is 21.8. The summed E-state index contributed by atoms with van der Waals surface area (Å²) in [4.78, 5) is 12.5. The van der Waals surface area contributed by atoms with Gasteiger partial charge in [-0.15, -0.1) is 0 Å². The maximum atomic E-state index is 12.5. The molecule has 2 aromatic heterocycles. The fourth-order valence-corrected chi connectivity index (χ4v) is 3.21. The Morgan fingerprint density at radius 1 is 1.00 bits per heavy atom. The van der Waals surface area contributed by atoms with Gasteiger partial charge in [-0.25, -0.2) is 4.68 Å². The first-order valence-electron chi connectivity index (χ1n) is 9.48. The number of nitrogens with zero attached hydrogens (tertiary/aromatic N) is 4. The van der Waals surface area contributed by atoms with Crippen LogP contribution in [-0.4, -0.2) is 25.5 Å². The van der Waals surface area contributed by atoms with E-state index in [0.29, 0.717) is 28.2 Å². The Bertz CT molecular complexity index is 1200. The monoisotopic (exact) mass is 455 g/mol. The van der Waals surface area contributed by atoms with Crippen molar-refractivity contribution in [3.05, 3.63) is 93.9 Å². The van der Waals surface area contributed by atoms with Gasteiger partial charge in [0, 0.05) is 18.5 Å². The minimum absolute atomic E-state index is 0.0819. The molecule has 0 unspecified atom stereocenters. The summed E-state index contributed by atoms with van der Waals surface area (Å²) >= 11 is 12.1. The SMILES string of the molecule is Cc1ccc(Cn2ccc(NC(=O)c3ccn(COc4cccc(Cl)c4Cl)n3)n2)cc1. The van der Waals surface area contributed by atoms with Crippen molar-refractivity contribution in [1.82, 2.24) is 19.6 Å². The van der Waals surface area contributed by atoms with Gasteiger partial charge in [-0.1, -0.05) is 59.1 Å². The topological polar surface area (TPSA) is 74.0 Å². The van der Waals surface area contributed by atoms with Crippen molar-refractivity contribution in [3.63, 3.8) is 0 Å². The predicted octanol–water partition coefficient (Wildman–Crippen LogP) is 5.03. The van der Waals surface area contributed by atoms with Gasteiger partial charge in [-0.2, -0.15) is 10.2 Å². The lowest BCUT2D eigenvalue weighted by molar-refractivity contribution is 0.101. The highest BCUT2D eigenvalue weighted by molar-refractivity contribution is 6.42. The Hall–Kier alpha value is -3.29. The van der Waals surface area contributed by atoms with Crippen LogP contribution in [0.15, 0.2) is 67.0 Å². The maximum Gasteiger partial charge on any atom is 0.277 e. The van der Waals surface area contributed by atoms with Crippen LogP contribution in [0.5, 0.6) is 5.75 Å². The number of rotatable bonds is 7. The van der Waals surface area contributed by atoms with Crippen LogP contribution in [0.1, 0.15) is 21.6 Å². The first-order chi connectivity index (χ1) is 15.0. The average Bonchev–Trinajstić information content (AvgIpc) is 3.40. The molecule has 31 heavy (non-hydrogen) atoms. The van der Waals surface area contributed by atoms with Gasteiger partial charge in [0.1, 0.15) is 10.8 Å². The Morgan fingerprint density at radius 3 is 2.58 bits per heavy atom. The van der Waals surface area contributed by atoms with Crippen LogP contribution in [0.3, 0.4) is 0 Å². The van der Waals surface area contributed by atoms with Crippen molar-refractivity contribution >= 4 is 34.9 Å². The number of ether oxygens (including phenoxy) is 1. The highest BCUT2D eigenvalue weighted by atomic mass is 35.5. The highest BCUT2D eigenvalue weighted by Gasteiger charge is 2.12. The van der Waals surface area contributed by atoms with Crippen LogP contribution in [0.4, 0.5) is 5.82 Å². The third-order valence-corrected chi connectivity index (χ3v) is 5.29. The lowest BCUT2D eigenvalue weighted by Gasteiger charge is -2.08. The summed E-state index contributed by atoms with van der Waals surface area (Å²) in [7, 11) is 0. The summed E-state index contributed by atoms with van der Waals surface area (Å²) in [5.74, 6) is 0.531. The van der Waals surface area contributed by atoms with Crippen molar-refractivity contribution in [2.45, 2.75) is 20.2 Å². The summed E-state index contributed by atoms with van der Waals surface area (Å²) in [6.45, 7) is 2.75. The molecule has 0 aliphatic rings. The number of aromatic nitrogens is 4. The molecule has 0 fully saturated rings. The van der Waals surface area contributed by atoms with Crippen molar-refractivity contribution in [3.8, 4) is 5.75 Å². The molecular weight excluding hydrogens is 437 g/mol. The summed E-state index contributed by atoms with van der Waals surface area (Å²) in [5.41, 5.74) is 2.58. The van der Waals surface area contributed by atoms with E-state index in [1.807, 2.05) is 13.1 Å². The fraction of sp³-hybridized carbons (Fsp3) is 0.136. The molecule has 0 radical (unpaired) electrons. The zero-order valence-corrected chi connectivity index (χ0v) is 18.1. The predicted molar refractivity (Wildman–Crippen MR) is 120 cm³/mol. The summed E-state index contributed by atoms with van der Waals surface area (Å²) < 4.78 is 8.87. The smallest absolute Gasteiger partial charge is 0.277 e. The fourth-order valence-electron chi connectivity index (χ4n) is 2.86. The van der Waals surface area contributed by atoms with E-state index in [4.69, 9.17) is 27.9 Å². The molecule has 2 heterocycles. The van der Waals surface area contributed by atoms with Crippen molar-refractivity contribution < 1.29 is 9.53 Å². The van der Waals surface area contributed by atoms with E-state index >= 15 is 0 Å². The molecule has 0 bridgehead atoms. The van der Waals surface area contributed by atoms with Gasteiger partial charge < -0.3 is 10.1 Å². The van der Waals surface area contributed by atoms with E-state index in [1.165, 1.54) is 10.2 Å². The number of carbonyl (C=O) groups excluding carboxylic acids is 1. The molecule has 0 aliphatic heterocycles. The number of carbonyl (C=O) groups is 1. The number of amides is 1. The van der Waals surface area contributed by atoms with E-state index in [1.54, 1.807) is 41.2 Å². The molecular formula is C22H19Cl2N5O2. The molecule has 4 rings (SSSR count). The normalized spacial score (nSPS) is 10.8. The van der Waals surface area contributed by atoms with Gasteiger partial charge in [0.25, 0.3) is 5.91 Å². The van der Waals surface area contributed by atoms with Gasteiger partial charge in [0.15, 0.2) is 18.2 Å². The number of hydrogen-bond acceptors (Lipinski definition) is 4. The van der Waals surface area contributed by atoms with Gasteiger partial charge in [-0.05, 0) is 30.7 Å². The van der Waals surface area contributed by atoms with Crippen LogP contribution < -0.4 is 10.1 Å². The molecule has 158 valence electrons. The molecule has 7 nitrogen and oxygen atoms in total. The number of halogens is 2. The van der Waals surface area contributed by atoms with Crippen molar-refractivity contribution in [1.29, 1.82) is 0 Å². The maximum absolute atomic E-state index is 12.5. The molecule has 9 heteroatoms. The Morgan fingerprint density at radius 2 is 1.77 bits per heavy atom. The second-order valence-electron chi connectivity index (χ2n) is 6.90. The molecule has 0 aliphatic carbocycles. The van der Waals surface area contributed by atoms with Gasteiger partial charge in [0.05, 0.1) is 11.6 Å². The zero-order valence-electron chi connectivity index (χ0n) is 16.6. The third-order valence-electron chi connectivity index (χ3n) is 4.49. The quantitative estimate of drug-likeness (QED) is 0.423. The summed E-state index contributed by atoms with van der Waals surface area (Å²) in [5, 5.41) is 12.1. The number of aryl methyl sites for hydroxylation is 1. The molecule has 0 spiro atoms. The van der Waals surface area contributed by atoms with E-state index < -0.39 is 0 Å². The molecule has 1 amide bonds. The minimum Gasteiger partial charge on any atom is -0.470 e. The lowest BCUT2D eigenvalue weighted by atomic mass is 10.1. The van der Waals surface area contributed by atoms with Gasteiger partial charge in [-0.3, -0.25) is 9.48 Å². The Labute approximate surface area is 189 Å². The van der Waals surface area contributed by atoms with Crippen molar-refractivity contribution in [2.24, 2.45) is 0 Å². The van der Waals surface area contributed by atoms with Crippen LogP contribution in [0.2, 0.25) is 10.0 Å². The van der Waals surface area contributed by atoms with E-state index in [2.05, 4.69) is 39.8 Å². The average molecular weight is 456 g/mol. The third kappa shape index (κ3) is 5.25. The van der Waals surface area contributed by atoms with Crippen LogP contribution in [-0.2, 0) is 13.3 Å². The summed E-state index contributed by atoms with van der Waals surface area (Å²) in [6, 6.07) is 16.7. The number of benzene rings is 2. The van der Waals surface area contributed by atoms with E-state index in [-0.39, 0.29) is 18.3 Å². The largest absolute Gasteiger partial charge is 0.470 e. The van der Waals surface area contributed by atoms with Crippen LogP contribution in [0, 0.1) is 6.92 Å². The first kappa shape index (κ1) is 21.0. The molecule has 2 aromatic carbocycles. The number of anilines is 1. The molecule has 0 saturated heterocycles. The van der Waals surface area contributed by atoms with Crippen molar-refractivity contribution in [2.75, 3.05) is 5.32 Å². The lowest BCUT2D eigenvalue weighted by Crippen LogP contribution is -2.15. The van der Waals surface area contributed by atoms with Gasteiger partial charge >= 0.3 is 0 Å². The Kier molecular flexibility index (Phi) is 6.25. The second-order valence-corrected chi connectivity index (χ2v) is 7.69. The second kappa shape index (κ2) is 9.24. The van der Waals surface area contributed by atoms with Crippen LogP contribution in [0.25, 0.3) is 0 Å². The molecule has 0 atom stereocenters. The molecule has 0 saturated carbocycles.